The first kappa shape index (κ1) is 27.1. The Hall–Kier alpha value is -2.48. The number of nitrogens with zero attached hydrogens (tertiary/aromatic N) is 5. The molecule has 0 bridgehead atoms. The second kappa shape index (κ2) is 13.0. The molecule has 0 aliphatic carbocycles. The standard InChI is InChI=1S/C22H32N6O5S2/c1-5-15(6-2)28-16(7-3)9-8-14-12-17(18(13-19(14)28)27-35(30)31)23-25-22-26-24-20(34-22)21(29)33-11-10-32-4/h12-13,15-16,27H,5-11H2,1-4H3,(H,30,31). The van der Waals surface area contributed by atoms with Crippen LogP contribution in [0.25, 0.3) is 0 Å². The van der Waals surface area contributed by atoms with E-state index in [9.17, 15) is 13.6 Å². The van der Waals surface area contributed by atoms with Crippen molar-refractivity contribution < 1.29 is 23.0 Å². The molecule has 2 aromatic rings. The van der Waals surface area contributed by atoms with Crippen molar-refractivity contribution in [1.82, 2.24) is 10.2 Å². The van der Waals surface area contributed by atoms with Gasteiger partial charge in [0.2, 0.25) is 5.01 Å². The van der Waals surface area contributed by atoms with Gasteiger partial charge in [-0.1, -0.05) is 32.1 Å². The van der Waals surface area contributed by atoms with Gasteiger partial charge in [0.15, 0.2) is 0 Å². The number of carbonyl (C=O) groups is 1. The maximum atomic E-state index is 12.0. The average molecular weight is 525 g/mol. The van der Waals surface area contributed by atoms with Crippen molar-refractivity contribution in [3.63, 3.8) is 0 Å². The van der Waals surface area contributed by atoms with Gasteiger partial charge in [-0.2, -0.15) is 0 Å². The highest BCUT2D eigenvalue weighted by molar-refractivity contribution is 7.80. The summed E-state index contributed by atoms with van der Waals surface area (Å²) in [5.41, 5.74) is 2.97. The highest BCUT2D eigenvalue weighted by Crippen LogP contribution is 2.41. The molecule has 35 heavy (non-hydrogen) atoms. The molecule has 1 aliphatic rings. The maximum absolute atomic E-state index is 12.0. The Morgan fingerprint density at radius 3 is 2.71 bits per heavy atom. The quantitative estimate of drug-likeness (QED) is 0.171. The van der Waals surface area contributed by atoms with Crippen LogP contribution in [0.15, 0.2) is 22.4 Å². The lowest BCUT2D eigenvalue weighted by molar-refractivity contribution is 0.0387. The highest BCUT2D eigenvalue weighted by Gasteiger charge is 2.30. The third-order valence-corrected chi connectivity index (χ3v) is 7.15. The first-order valence-electron chi connectivity index (χ1n) is 11.7. The summed E-state index contributed by atoms with van der Waals surface area (Å²) in [6.45, 7) is 6.96. The fraction of sp³-hybridized carbons (Fsp3) is 0.591. The topological polar surface area (TPSA) is 139 Å². The summed E-state index contributed by atoms with van der Waals surface area (Å²) in [5.74, 6) is -0.611. The number of hydrogen-bond donors (Lipinski definition) is 2. The van der Waals surface area contributed by atoms with E-state index in [1.54, 1.807) is 0 Å². The molecule has 0 radical (unpaired) electrons. The van der Waals surface area contributed by atoms with Gasteiger partial charge in [0.1, 0.15) is 12.3 Å². The van der Waals surface area contributed by atoms with Crippen LogP contribution in [0.1, 0.15) is 61.8 Å². The Labute approximate surface area is 211 Å². The third kappa shape index (κ3) is 6.81. The fourth-order valence-electron chi connectivity index (χ4n) is 4.27. The number of nitrogens with one attached hydrogen (secondary N) is 1. The predicted octanol–water partition coefficient (Wildman–Crippen LogP) is 5.03. The van der Waals surface area contributed by atoms with Crippen LogP contribution < -0.4 is 9.62 Å². The fourth-order valence-corrected chi connectivity index (χ4v) is 5.18. The van der Waals surface area contributed by atoms with E-state index in [0.29, 0.717) is 23.5 Å². The lowest BCUT2D eigenvalue weighted by Gasteiger charge is -2.44. The zero-order valence-electron chi connectivity index (χ0n) is 20.4. The lowest BCUT2D eigenvalue weighted by atomic mass is 9.90. The van der Waals surface area contributed by atoms with Crippen LogP contribution in [0.3, 0.4) is 0 Å². The zero-order valence-corrected chi connectivity index (χ0v) is 22.0. The number of hydrogen-bond acceptors (Lipinski definition) is 10. The van der Waals surface area contributed by atoms with Crippen LogP contribution >= 0.6 is 11.3 Å². The Kier molecular flexibility index (Phi) is 10.1. The van der Waals surface area contributed by atoms with Crippen LogP contribution in [0.5, 0.6) is 0 Å². The minimum atomic E-state index is -2.29. The molecule has 11 nitrogen and oxygen atoms in total. The second-order valence-corrected chi connectivity index (χ2v) is 9.70. The summed E-state index contributed by atoms with van der Waals surface area (Å²) < 4.78 is 33.6. The van der Waals surface area contributed by atoms with Crippen molar-refractivity contribution in [3.8, 4) is 0 Å². The predicted molar refractivity (Wildman–Crippen MR) is 136 cm³/mol. The van der Waals surface area contributed by atoms with Crippen LogP contribution in [0.4, 0.5) is 22.2 Å². The molecule has 2 atom stereocenters. The van der Waals surface area contributed by atoms with E-state index in [0.717, 1.165) is 54.7 Å². The third-order valence-electron chi connectivity index (χ3n) is 5.97. The molecule has 2 N–H and O–H groups in total. The van der Waals surface area contributed by atoms with Crippen LogP contribution in [0.2, 0.25) is 0 Å². The summed E-state index contributed by atoms with van der Waals surface area (Å²) in [5, 5.41) is 16.3. The smallest absolute Gasteiger partial charge is 0.369 e. The summed E-state index contributed by atoms with van der Waals surface area (Å²) in [6.07, 6.45) is 4.96. The van der Waals surface area contributed by atoms with E-state index in [-0.39, 0.29) is 23.4 Å². The molecule has 1 aromatic heterocycles. The van der Waals surface area contributed by atoms with Crippen molar-refractivity contribution in [2.24, 2.45) is 10.2 Å². The van der Waals surface area contributed by atoms with Gasteiger partial charge in [-0.15, -0.1) is 20.4 Å². The Bertz CT molecular complexity index is 1060. The van der Waals surface area contributed by atoms with Gasteiger partial charge in [-0.05, 0) is 49.8 Å². The lowest BCUT2D eigenvalue weighted by Crippen LogP contribution is -2.45. The van der Waals surface area contributed by atoms with Gasteiger partial charge in [0.25, 0.3) is 16.4 Å². The van der Waals surface area contributed by atoms with E-state index in [1.165, 1.54) is 7.11 Å². The van der Waals surface area contributed by atoms with Crippen molar-refractivity contribution in [1.29, 1.82) is 0 Å². The number of azo groups is 1. The number of fused-ring (bicyclic) bond motifs is 1. The minimum Gasteiger partial charge on any atom is -0.458 e. The Morgan fingerprint density at radius 1 is 1.29 bits per heavy atom. The van der Waals surface area contributed by atoms with Gasteiger partial charge in [-0.25, -0.2) is 9.00 Å². The molecule has 1 aliphatic heterocycles. The van der Waals surface area contributed by atoms with E-state index >= 15 is 0 Å². The van der Waals surface area contributed by atoms with Gasteiger partial charge >= 0.3 is 5.97 Å². The minimum absolute atomic E-state index is 0.0572. The van der Waals surface area contributed by atoms with E-state index in [1.807, 2.05) is 12.1 Å². The molecule has 2 unspecified atom stereocenters. The molecule has 2 heterocycles. The highest BCUT2D eigenvalue weighted by atomic mass is 32.2. The van der Waals surface area contributed by atoms with E-state index in [4.69, 9.17) is 9.47 Å². The summed E-state index contributed by atoms with van der Waals surface area (Å²) in [6, 6.07) is 4.57. The molecule has 0 spiro atoms. The van der Waals surface area contributed by atoms with Gasteiger partial charge in [-0.3, -0.25) is 9.27 Å². The molecule has 0 saturated heterocycles. The molecule has 0 amide bonds. The normalized spacial score (nSPS) is 16.5. The van der Waals surface area contributed by atoms with Crippen molar-refractivity contribution >= 4 is 50.8 Å². The van der Waals surface area contributed by atoms with Crippen LogP contribution in [-0.2, 0) is 27.2 Å². The first-order valence-corrected chi connectivity index (χ1v) is 13.6. The molecule has 192 valence electrons. The van der Waals surface area contributed by atoms with E-state index in [2.05, 4.69) is 50.8 Å². The van der Waals surface area contributed by atoms with Crippen molar-refractivity contribution in [3.05, 3.63) is 22.7 Å². The molecular formula is C22H32N6O5S2. The molecule has 3 rings (SSSR count). The van der Waals surface area contributed by atoms with Crippen molar-refractivity contribution in [2.75, 3.05) is 29.9 Å². The number of aromatic nitrogens is 2. The monoisotopic (exact) mass is 524 g/mol. The molecule has 1 aromatic carbocycles. The number of rotatable bonds is 12. The maximum Gasteiger partial charge on any atom is 0.369 e. The number of ether oxygens (including phenoxy) is 2. The van der Waals surface area contributed by atoms with Gasteiger partial charge in [0, 0.05) is 24.9 Å². The number of carbonyl (C=O) groups excluding carboxylic acids is 1. The number of aryl methyl sites for hydroxylation is 1. The SMILES string of the molecule is CCC(CC)N1c2cc(NS(=O)O)c(N=Nc3nnc(C(=O)OCCOC)s3)cc2CCC1CC. The summed E-state index contributed by atoms with van der Waals surface area (Å²) in [7, 11) is 1.51. The van der Waals surface area contributed by atoms with E-state index < -0.39 is 17.2 Å². The Balaban J connectivity index is 1.91. The van der Waals surface area contributed by atoms with Crippen LogP contribution in [-0.4, -0.2) is 57.3 Å². The Morgan fingerprint density at radius 2 is 2.06 bits per heavy atom. The number of esters is 1. The summed E-state index contributed by atoms with van der Waals surface area (Å²) >= 11 is -1.34. The second-order valence-electron chi connectivity index (χ2n) is 8.05. The van der Waals surface area contributed by atoms with Gasteiger partial charge < -0.3 is 14.4 Å². The first-order chi connectivity index (χ1) is 16.9. The number of anilines is 2. The zero-order chi connectivity index (χ0) is 25.4. The summed E-state index contributed by atoms with van der Waals surface area (Å²) in [4.78, 5) is 14.5. The molecule has 0 fully saturated rings. The average Bonchev–Trinajstić information content (AvgIpc) is 3.32. The number of benzene rings is 1. The van der Waals surface area contributed by atoms with Gasteiger partial charge in [0.05, 0.1) is 12.3 Å². The number of methoxy groups -OCH3 is 1. The van der Waals surface area contributed by atoms with Crippen LogP contribution in [0, 0.1) is 0 Å². The molecular weight excluding hydrogens is 492 g/mol. The molecule has 0 saturated carbocycles. The largest absolute Gasteiger partial charge is 0.458 e. The molecule has 13 heteroatoms. The van der Waals surface area contributed by atoms with Crippen molar-refractivity contribution in [2.45, 2.75) is 65.0 Å².